The number of nitrogens with zero attached hydrogens (tertiary/aromatic N) is 1. The van der Waals surface area contributed by atoms with Crippen LogP contribution in [-0.4, -0.2) is 6.21 Å². The van der Waals surface area contributed by atoms with Crippen LogP contribution in [0.25, 0.3) is 17.0 Å². The molecular weight excluding hydrogens is 508 g/mol. The number of nitrogens with two attached hydrogens (primary N) is 1. The van der Waals surface area contributed by atoms with Crippen molar-refractivity contribution in [3.05, 3.63) is 125 Å². The second-order valence-corrected chi connectivity index (χ2v) is 11.6. The van der Waals surface area contributed by atoms with Gasteiger partial charge >= 0.3 is 0 Å². The molecule has 0 aliphatic carbocycles. The first-order chi connectivity index (χ1) is 20.1. The molecule has 2 nitrogen and oxygen atoms in total. The molecule has 0 spiro atoms. The number of hydrogen-bond donors (Lipinski definition) is 1. The highest BCUT2D eigenvalue weighted by Gasteiger charge is 2.16. The van der Waals surface area contributed by atoms with E-state index in [1.807, 2.05) is 45.2 Å². The molecule has 0 atom stereocenters. The summed E-state index contributed by atoms with van der Waals surface area (Å²) in [6.45, 7) is 21.5. The van der Waals surface area contributed by atoms with E-state index in [2.05, 4.69) is 127 Å². The summed E-state index contributed by atoms with van der Waals surface area (Å²) in [7, 11) is 0. The third-order valence-corrected chi connectivity index (χ3v) is 6.64. The SMILES string of the molecule is CC.C\C=C(/C=N/C(=C/C(=C\C=C\C)c1ccccc1)c1ccccc1/C(N)=C/C=C(\CCC)CC(C)C)C(C)(C)C. The Hall–Kier alpha value is -3.65. The summed E-state index contributed by atoms with van der Waals surface area (Å²) in [5.41, 5.74) is 15.2. The fraction of sp³-hybridized carbons (Fsp3) is 0.375. The first kappa shape index (κ1) is 36.4. The van der Waals surface area contributed by atoms with Gasteiger partial charge in [-0.15, -0.1) is 0 Å². The summed E-state index contributed by atoms with van der Waals surface area (Å²) >= 11 is 0. The quantitative estimate of drug-likeness (QED) is 0.202. The largest absolute Gasteiger partial charge is 0.398 e. The van der Waals surface area contributed by atoms with Crippen LogP contribution < -0.4 is 5.73 Å². The van der Waals surface area contributed by atoms with Gasteiger partial charge in [0.1, 0.15) is 0 Å². The summed E-state index contributed by atoms with van der Waals surface area (Å²) in [5.74, 6) is 0.618. The maximum Gasteiger partial charge on any atom is 0.0715 e. The zero-order chi connectivity index (χ0) is 31.5. The maximum absolute atomic E-state index is 6.78. The molecule has 0 radical (unpaired) electrons. The average molecular weight is 565 g/mol. The highest BCUT2D eigenvalue weighted by atomic mass is 14.7. The van der Waals surface area contributed by atoms with Crippen LogP contribution in [0.1, 0.15) is 105 Å². The topological polar surface area (TPSA) is 38.4 Å². The van der Waals surface area contributed by atoms with E-state index in [9.17, 15) is 0 Å². The normalized spacial score (nSPS) is 14.1. The third kappa shape index (κ3) is 12.5. The van der Waals surface area contributed by atoms with Crippen molar-refractivity contribution >= 4 is 23.2 Å². The van der Waals surface area contributed by atoms with E-state index in [1.54, 1.807) is 0 Å². The first-order valence-electron chi connectivity index (χ1n) is 15.7. The molecule has 2 heteroatoms. The predicted octanol–water partition coefficient (Wildman–Crippen LogP) is 11.8. The number of aliphatic imine (C=N–C) groups is 1. The number of hydrogen-bond acceptors (Lipinski definition) is 2. The number of benzene rings is 2. The van der Waals surface area contributed by atoms with Gasteiger partial charge in [0.15, 0.2) is 0 Å². The summed E-state index contributed by atoms with van der Waals surface area (Å²) in [5, 5.41) is 0. The van der Waals surface area contributed by atoms with Gasteiger partial charge in [-0.05, 0) is 66.9 Å². The average Bonchev–Trinajstić information content (AvgIpc) is 2.98. The minimum absolute atomic E-state index is 0.0122. The van der Waals surface area contributed by atoms with Crippen LogP contribution >= 0.6 is 0 Å². The molecule has 0 aliphatic rings. The molecule has 0 unspecified atom stereocenters. The standard InChI is InChI=1S/C38H50N2.C2H6/c1-9-12-19-32(31-20-14-13-15-21-31)27-37(40-28-33(11-3)38(6,7)8)35-23-17-16-22-34(35)36(39)25-24-30(18-10-2)26-29(4)5;1-2/h9,11-17,19-25,27-29H,10,18,26,39H2,1-8H3;1-2H3/b12-9+,30-24+,32-19+,33-11+,36-25-,37-27+,40-28+;. The molecule has 2 N–H and O–H groups in total. The molecule has 0 bridgehead atoms. The zero-order valence-corrected chi connectivity index (χ0v) is 28.0. The van der Waals surface area contributed by atoms with Crippen LogP contribution in [0.15, 0.2) is 113 Å². The van der Waals surface area contributed by atoms with Gasteiger partial charge in [-0.2, -0.15) is 0 Å². The Morgan fingerprint density at radius 2 is 1.50 bits per heavy atom. The molecular formula is C40H56N2. The Morgan fingerprint density at radius 3 is 2.05 bits per heavy atom. The molecule has 2 rings (SSSR count). The lowest BCUT2D eigenvalue weighted by molar-refractivity contribution is 0.526. The van der Waals surface area contributed by atoms with Gasteiger partial charge in [-0.3, -0.25) is 4.99 Å². The van der Waals surface area contributed by atoms with Crippen LogP contribution in [0, 0.1) is 11.3 Å². The fourth-order valence-electron chi connectivity index (χ4n) is 4.58. The highest BCUT2D eigenvalue weighted by molar-refractivity contribution is 5.92. The molecule has 2 aromatic carbocycles. The van der Waals surface area contributed by atoms with Crippen LogP contribution in [0.4, 0.5) is 0 Å². The summed E-state index contributed by atoms with van der Waals surface area (Å²) < 4.78 is 0. The van der Waals surface area contributed by atoms with Gasteiger partial charge < -0.3 is 5.73 Å². The van der Waals surface area contributed by atoms with Crippen molar-refractivity contribution in [3.8, 4) is 0 Å². The van der Waals surface area contributed by atoms with Gasteiger partial charge in [-0.25, -0.2) is 0 Å². The first-order valence-corrected chi connectivity index (χ1v) is 15.7. The molecule has 0 saturated heterocycles. The molecule has 42 heavy (non-hydrogen) atoms. The van der Waals surface area contributed by atoms with Gasteiger partial charge in [0.2, 0.25) is 0 Å². The Kier molecular flexibility index (Phi) is 16.9. The maximum atomic E-state index is 6.78. The Bertz CT molecular complexity index is 1290. The van der Waals surface area contributed by atoms with Crippen LogP contribution in [0.2, 0.25) is 0 Å². The minimum Gasteiger partial charge on any atom is -0.398 e. The fourth-order valence-corrected chi connectivity index (χ4v) is 4.58. The summed E-state index contributed by atoms with van der Waals surface area (Å²) in [4.78, 5) is 5.12. The van der Waals surface area contributed by atoms with Crippen molar-refractivity contribution in [2.45, 2.75) is 88.5 Å². The van der Waals surface area contributed by atoms with Gasteiger partial charge in [0.05, 0.1) is 5.70 Å². The van der Waals surface area contributed by atoms with E-state index in [1.165, 1.54) is 11.1 Å². The van der Waals surface area contributed by atoms with Gasteiger partial charge in [-0.1, -0.05) is 152 Å². The number of allylic oxidation sites excluding steroid dienone is 10. The van der Waals surface area contributed by atoms with Crippen LogP contribution in [-0.2, 0) is 0 Å². The van der Waals surface area contributed by atoms with Crippen molar-refractivity contribution in [2.75, 3.05) is 0 Å². The monoisotopic (exact) mass is 564 g/mol. The number of rotatable bonds is 12. The van der Waals surface area contributed by atoms with Crippen molar-refractivity contribution in [1.82, 2.24) is 0 Å². The van der Waals surface area contributed by atoms with Crippen LogP contribution in [0.3, 0.4) is 0 Å². The molecule has 226 valence electrons. The van der Waals surface area contributed by atoms with E-state index in [-0.39, 0.29) is 5.41 Å². The molecule has 0 fully saturated rings. The molecule has 0 heterocycles. The van der Waals surface area contributed by atoms with Crippen molar-refractivity contribution < 1.29 is 0 Å². The van der Waals surface area contributed by atoms with E-state index in [0.717, 1.165) is 52.9 Å². The zero-order valence-electron chi connectivity index (χ0n) is 28.0. The molecule has 0 saturated carbocycles. The Morgan fingerprint density at radius 1 is 0.881 bits per heavy atom. The smallest absolute Gasteiger partial charge is 0.0715 e. The second kappa shape index (κ2) is 19.5. The highest BCUT2D eigenvalue weighted by Crippen LogP contribution is 2.30. The molecule has 0 aliphatic heterocycles. The lowest BCUT2D eigenvalue weighted by atomic mass is 9.87. The lowest BCUT2D eigenvalue weighted by Crippen LogP contribution is -2.10. The summed E-state index contributed by atoms with van der Waals surface area (Å²) in [6, 6.07) is 18.8. The van der Waals surface area contributed by atoms with Crippen molar-refractivity contribution in [1.29, 1.82) is 0 Å². The van der Waals surface area contributed by atoms with E-state index in [4.69, 9.17) is 10.7 Å². The van der Waals surface area contributed by atoms with E-state index < -0.39 is 0 Å². The second-order valence-electron chi connectivity index (χ2n) is 11.6. The van der Waals surface area contributed by atoms with Gasteiger partial charge in [0.25, 0.3) is 0 Å². The minimum atomic E-state index is -0.0122. The van der Waals surface area contributed by atoms with E-state index >= 15 is 0 Å². The molecule has 2 aromatic rings. The van der Waals surface area contributed by atoms with Crippen molar-refractivity contribution in [3.63, 3.8) is 0 Å². The molecule has 0 aromatic heterocycles. The lowest BCUT2D eigenvalue weighted by Gasteiger charge is -2.19. The summed E-state index contributed by atoms with van der Waals surface area (Å²) in [6.07, 6.45) is 20.2. The van der Waals surface area contributed by atoms with Crippen LogP contribution in [0.5, 0.6) is 0 Å². The van der Waals surface area contributed by atoms with Gasteiger partial charge in [0, 0.05) is 23.0 Å². The Labute approximate surface area is 258 Å². The molecule has 0 amide bonds. The predicted molar refractivity (Wildman–Crippen MR) is 191 cm³/mol. The van der Waals surface area contributed by atoms with E-state index in [0.29, 0.717) is 5.92 Å². The Balaban J connectivity index is 0.00000431. The third-order valence-electron chi connectivity index (χ3n) is 6.64. The van der Waals surface area contributed by atoms with Crippen molar-refractivity contribution in [2.24, 2.45) is 22.1 Å².